The van der Waals surface area contributed by atoms with E-state index in [1.54, 1.807) is 29.6 Å². The molecule has 0 spiro atoms. The number of nitrogens with zero attached hydrogens (tertiary/aromatic N) is 3. The number of benzene rings is 2. The minimum Gasteiger partial charge on any atom is -0.274 e. The van der Waals surface area contributed by atoms with Gasteiger partial charge in [0.15, 0.2) is 5.69 Å². The second-order valence-corrected chi connectivity index (χ2v) is 6.26. The van der Waals surface area contributed by atoms with Crippen LogP contribution in [0, 0.1) is 0 Å². The van der Waals surface area contributed by atoms with Crippen molar-refractivity contribution in [2.24, 2.45) is 0 Å². The zero-order valence-electron chi connectivity index (χ0n) is 14.3. The SMILES string of the molecule is CON(C)C(=O)c1cc(-c2ccc(SC)cc2)n(-c2ccccc2)n1. The minimum atomic E-state index is -0.292. The quantitative estimate of drug-likeness (QED) is 0.516. The molecule has 3 aromatic rings. The minimum absolute atomic E-state index is 0.292. The Morgan fingerprint density at radius 2 is 1.80 bits per heavy atom. The van der Waals surface area contributed by atoms with Gasteiger partial charge in [0.1, 0.15) is 0 Å². The fourth-order valence-electron chi connectivity index (χ4n) is 2.46. The Morgan fingerprint density at radius 3 is 2.40 bits per heavy atom. The molecule has 3 rings (SSSR count). The summed E-state index contributed by atoms with van der Waals surface area (Å²) in [5.74, 6) is -0.292. The standard InChI is InChI=1S/C19H19N3O2S/c1-21(24-2)19(23)17-13-18(14-9-11-16(25-3)12-10-14)22(20-17)15-7-5-4-6-8-15/h4-13H,1-3H3. The predicted molar refractivity (Wildman–Crippen MR) is 99.9 cm³/mol. The van der Waals surface area contributed by atoms with Gasteiger partial charge in [-0.05, 0) is 36.6 Å². The fourth-order valence-corrected chi connectivity index (χ4v) is 2.87. The van der Waals surface area contributed by atoms with Gasteiger partial charge in [0.05, 0.1) is 18.5 Å². The van der Waals surface area contributed by atoms with E-state index in [9.17, 15) is 4.79 Å². The number of hydrogen-bond acceptors (Lipinski definition) is 4. The van der Waals surface area contributed by atoms with Crippen molar-refractivity contribution in [3.05, 3.63) is 66.4 Å². The molecule has 6 heteroatoms. The van der Waals surface area contributed by atoms with E-state index in [-0.39, 0.29) is 5.91 Å². The monoisotopic (exact) mass is 353 g/mol. The molecule has 0 aliphatic heterocycles. The number of thioether (sulfide) groups is 1. The molecule has 128 valence electrons. The number of amides is 1. The molecule has 0 aliphatic carbocycles. The van der Waals surface area contributed by atoms with Crippen LogP contribution in [0.15, 0.2) is 65.6 Å². The Labute approximate surface area is 151 Å². The van der Waals surface area contributed by atoms with Gasteiger partial charge in [-0.2, -0.15) is 5.10 Å². The van der Waals surface area contributed by atoms with Gasteiger partial charge in [-0.1, -0.05) is 30.3 Å². The molecular formula is C19H19N3O2S. The summed E-state index contributed by atoms with van der Waals surface area (Å²) < 4.78 is 1.78. The van der Waals surface area contributed by atoms with Crippen LogP contribution < -0.4 is 0 Å². The summed E-state index contributed by atoms with van der Waals surface area (Å²) in [4.78, 5) is 18.6. The Kier molecular flexibility index (Phi) is 5.21. The second-order valence-electron chi connectivity index (χ2n) is 5.38. The maximum absolute atomic E-state index is 12.4. The molecule has 2 aromatic carbocycles. The molecular weight excluding hydrogens is 334 g/mol. The van der Waals surface area contributed by atoms with Crippen molar-refractivity contribution in [1.29, 1.82) is 0 Å². The average molecular weight is 353 g/mol. The molecule has 1 amide bonds. The third-order valence-corrected chi connectivity index (χ3v) is 4.62. The first-order valence-electron chi connectivity index (χ1n) is 7.76. The van der Waals surface area contributed by atoms with Crippen LogP contribution in [0.25, 0.3) is 16.9 Å². The van der Waals surface area contributed by atoms with E-state index in [0.29, 0.717) is 5.69 Å². The van der Waals surface area contributed by atoms with Gasteiger partial charge < -0.3 is 0 Å². The van der Waals surface area contributed by atoms with Crippen LogP contribution in [-0.2, 0) is 4.84 Å². The van der Waals surface area contributed by atoms with Gasteiger partial charge in [-0.25, -0.2) is 9.75 Å². The molecule has 5 nitrogen and oxygen atoms in total. The summed E-state index contributed by atoms with van der Waals surface area (Å²) in [6.07, 6.45) is 2.04. The molecule has 0 saturated carbocycles. The summed E-state index contributed by atoms with van der Waals surface area (Å²) >= 11 is 1.69. The molecule has 0 atom stereocenters. The lowest BCUT2D eigenvalue weighted by Crippen LogP contribution is -2.25. The number of aromatic nitrogens is 2. The molecule has 25 heavy (non-hydrogen) atoms. The van der Waals surface area contributed by atoms with Gasteiger partial charge in [0, 0.05) is 17.5 Å². The number of carbonyl (C=O) groups excluding carboxylic acids is 1. The average Bonchev–Trinajstić information content (AvgIpc) is 3.13. The van der Waals surface area contributed by atoms with E-state index in [1.807, 2.05) is 48.7 Å². The highest BCUT2D eigenvalue weighted by Crippen LogP contribution is 2.26. The van der Waals surface area contributed by atoms with Crippen LogP contribution in [-0.4, -0.2) is 41.2 Å². The van der Waals surface area contributed by atoms with Crippen LogP contribution in [0.3, 0.4) is 0 Å². The normalized spacial score (nSPS) is 10.7. The van der Waals surface area contributed by atoms with Gasteiger partial charge >= 0.3 is 0 Å². The van der Waals surface area contributed by atoms with Crippen molar-refractivity contribution in [2.75, 3.05) is 20.4 Å². The number of hydroxylamine groups is 2. The lowest BCUT2D eigenvalue weighted by molar-refractivity contribution is -0.0760. The third-order valence-electron chi connectivity index (χ3n) is 3.87. The molecule has 0 bridgehead atoms. The Morgan fingerprint density at radius 1 is 1.12 bits per heavy atom. The zero-order valence-corrected chi connectivity index (χ0v) is 15.2. The number of hydrogen-bond donors (Lipinski definition) is 0. The van der Waals surface area contributed by atoms with Crippen molar-refractivity contribution in [3.63, 3.8) is 0 Å². The van der Waals surface area contributed by atoms with Crippen LogP contribution in [0.4, 0.5) is 0 Å². The number of carbonyl (C=O) groups is 1. The van der Waals surface area contributed by atoms with Gasteiger partial charge in [-0.15, -0.1) is 11.8 Å². The highest BCUT2D eigenvalue weighted by atomic mass is 32.2. The molecule has 1 aromatic heterocycles. The molecule has 0 radical (unpaired) electrons. The van der Waals surface area contributed by atoms with Gasteiger partial charge in [0.25, 0.3) is 5.91 Å². The Bertz CT molecular complexity index is 860. The van der Waals surface area contributed by atoms with E-state index in [0.717, 1.165) is 22.0 Å². The van der Waals surface area contributed by atoms with Crippen molar-refractivity contribution in [2.45, 2.75) is 4.90 Å². The molecule has 0 fully saturated rings. The maximum atomic E-state index is 12.4. The molecule has 0 unspecified atom stereocenters. The van der Waals surface area contributed by atoms with Crippen LogP contribution >= 0.6 is 11.8 Å². The van der Waals surface area contributed by atoms with Crippen LogP contribution in [0.1, 0.15) is 10.5 Å². The molecule has 0 saturated heterocycles. The van der Waals surface area contributed by atoms with Crippen molar-refractivity contribution >= 4 is 17.7 Å². The van der Waals surface area contributed by atoms with Crippen molar-refractivity contribution in [1.82, 2.24) is 14.8 Å². The zero-order chi connectivity index (χ0) is 17.8. The Balaban J connectivity index is 2.11. The van der Waals surface area contributed by atoms with E-state index >= 15 is 0 Å². The molecule has 1 heterocycles. The van der Waals surface area contributed by atoms with E-state index in [1.165, 1.54) is 12.0 Å². The highest BCUT2D eigenvalue weighted by molar-refractivity contribution is 7.98. The van der Waals surface area contributed by atoms with E-state index in [4.69, 9.17) is 4.84 Å². The second kappa shape index (κ2) is 7.55. The summed E-state index contributed by atoms with van der Waals surface area (Å²) in [6, 6.07) is 19.7. The van der Waals surface area contributed by atoms with Crippen molar-refractivity contribution in [3.8, 4) is 16.9 Å². The largest absolute Gasteiger partial charge is 0.297 e. The molecule has 0 aliphatic rings. The van der Waals surface area contributed by atoms with Gasteiger partial charge in [0.2, 0.25) is 0 Å². The predicted octanol–water partition coefficient (Wildman–Crippen LogP) is 3.89. The lowest BCUT2D eigenvalue weighted by Gasteiger charge is -2.11. The summed E-state index contributed by atoms with van der Waals surface area (Å²) in [7, 11) is 3.02. The van der Waals surface area contributed by atoms with E-state index < -0.39 is 0 Å². The maximum Gasteiger partial charge on any atom is 0.297 e. The van der Waals surface area contributed by atoms with Crippen molar-refractivity contribution < 1.29 is 9.63 Å². The summed E-state index contributed by atoms with van der Waals surface area (Å²) in [6.45, 7) is 0. The first-order valence-corrected chi connectivity index (χ1v) is 8.98. The first kappa shape index (κ1) is 17.3. The summed E-state index contributed by atoms with van der Waals surface area (Å²) in [5.41, 5.74) is 3.07. The van der Waals surface area contributed by atoms with Crippen LogP contribution in [0.5, 0.6) is 0 Å². The van der Waals surface area contributed by atoms with Gasteiger partial charge in [-0.3, -0.25) is 9.63 Å². The smallest absolute Gasteiger partial charge is 0.274 e. The highest BCUT2D eigenvalue weighted by Gasteiger charge is 2.19. The fraction of sp³-hybridized carbons (Fsp3) is 0.158. The van der Waals surface area contributed by atoms with Crippen LogP contribution in [0.2, 0.25) is 0 Å². The number of para-hydroxylation sites is 1. The third kappa shape index (κ3) is 3.60. The topological polar surface area (TPSA) is 47.4 Å². The first-order chi connectivity index (χ1) is 12.1. The summed E-state index contributed by atoms with van der Waals surface area (Å²) in [5, 5.41) is 5.67. The number of rotatable bonds is 5. The Hall–Kier alpha value is -2.57. The molecule has 0 N–H and O–H groups in total. The van der Waals surface area contributed by atoms with E-state index in [2.05, 4.69) is 17.2 Å². The lowest BCUT2D eigenvalue weighted by atomic mass is 10.1.